The van der Waals surface area contributed by atoms with E-state index in [1.54, 1.807) is 10.9 Å². The minimum atomic E-state index is -0.0371. The molecule has 0 fully saturated rings. The van der Waals surface area contributed by atoms with Crippen LogP contribution in [-0.2, 0) is 13.0 Å². The number of ketones is 1. The lowest BCUT2D eigenvalue weighted by Crippen LogP contribution is -2.26. The number of rotatable bonds is 3. The van der Waals surface area contributed by atoms with Crippen LogP contribution in [0.25, 0.3) is 0 Å². The number of nitrogens with zero attached hydrogens (tertiary/aromatic N) is 2. The van der Waals surface area contributed by atoms with Gasteiger partial charge in [0.25, 0.3) is 0 Å². The van der Waals surface area contributed by atoms with Crippen LogP contribution in [0.2, 0.25) is 5.02 Å². The minimum absolute atomic E-state index is 0.0371. The van der Waals surface area contributed by atoms with Crippen LogP contribution in [0.4, 0.5) is 0 Å². The molecule has 110 valence electrons. The second-order valence-electron chi connectivity index (χ2n) is 5.58. The quantitative estimate of drug-likeness (QED) is 0.887. The van der Waals surface area contributed by atoms with Crippen molar-refractivity contribution >= 4 is 17.4 Å². The maximum Gasteiger partial charge on any atom is 0.212 e. The fourth-order valence-corrected chi connectivity index (χ4v) is 3.03. The number of nitrogens with one attached hydrogen (secondary N) is 1. The summed E-state index contributed by atoms with van der Waals surface area (Å²) in [6.07, 6.45) is 2.41. The molecule has 0 saturated heterocycles. The van der Waals surface area contributed by atoms with E-state index in [9.17, 15) is 4.79 Å². The van der Waals surface area contributed by atoms with E-state index in [0.717, 1.165) is 30.6 Å². The normalized spacial score (nSPS) is 14.3. The fourth-order valence-electron chi connectivity index (χ4n) is 2.82. The number of hydrogen-bond donors (Lipinski definition) is 1. The molecule has 0 aliphatic carbocycles. The lowest BCUT2D eigenvalue weighted by atomic mass is 9.92. The summed E-state index contributed by atoms with van der Waals surface area (Å²) < 4.78 is 1.70. The molecular formula is C16H18ClN3O. The zero-order valence-corrected chi connectivity index (χ0v) is 12.9. The molecule has 1 aliphatic heterocycles. The van der Waals surface area contributed by atoms with Crippen LogP contribution in [0.5, 0.6) is 0 Å². The Bertz CT molecular complexity index is 691. The molecule has 0 bridgehead atoms. The predicted octanol–water partition coefficient (Wildman–Crippen LogP) is 2.99. The van der Waals surface area contributed by atoms with E-state index in [1.807, 2.05) is 26.0 Å². The topological polar surface area (TPSA) is 46.9 Å². The Morgan fingerprint density at radius 2 is 2.24 bits per heavy atom. The molecule has 5 heteroatoms. The highest BCUT2D eigenvalue weighted by Crippen LogP contribution is 2.26. The third-order valence-electron chi connectivity index (χ3n) is 3.84. The predicted molar refractivity (Wildman–Crippen MR) is 82.9 cm³/mol. The Balaban J connectivity index is 2.10. The van der Waals surface area contributed by atoms with Crippen molar-refractivity contribution in [3.05, 3.63) is 51.8 Å². The number of fused-ring (bicyclic) bond motifs is 1. The molecule has 1 aromatic carbocycles. The number of aromatic nitrogens is 2. The van der Waals surface area contributed by atoms with E-state index in [0.29, 0.717) is 10.7 Å². The van der Waals surface area contributed by atoms with Gasteiger partial charge < -0.3 is 5.32 Å². The van der Waals surface area contributed by atoms with Gasteiger partial charge in [-0.15, -0.1) is 0 Å². The molecule has 3 rings (SSSR count). The second kappa shape index (κ2) is 5.62. The molecule has 0 radical (unpaired) electrons. The zero-order chi connectivity index (χ0) is 15.0. The van der Waals surface area contributed by atoms with E-state index >= 15 is 0 Å². The van der Waals surface area contributed by atoms with Crippen LogP contribution in [0.1, 0.15) is 47.1 Å². The Morgan fingerprint density at radius 3 is 3.00 bits per heavy atom. The average Bonchev–Trinajstić information content (AvgIpc) is 2.88. The Labute approximate surface area is 129 Å². The van der Waals surface area contributed by atoms with Gasteiger partial charge in [-0.25, -0.2) is 0 Å². The molecule has 4 nitrogen and oxygen atoms in total. The summed E-state index contributed by atoms with van der Waals surface area (Å²) in [6, 6.07) is 5.99. The Hall–Kier alpha value is -1.65. The van der Waals surface area contributed by atoms with Crippen molar-refractivity contribution in [3.63, 3.8) is 0 Å². The van der Waals surface area contributed by atoms with Crippen LogP contribution >= 0.6 is 11.6 Å². The van der Waals surface area contributed by atoms with E-state index in [2.05, 4.69) is 16.5 Å². The summed E-state index contributed by atoms with van der Waals surface area (Å²) in [5.41, 5.74) is 3.56. The molecule has 0 spiro atoms. The molecule has 2 heterocycles. The average molecular weight is 304 g/mol. The van der Waals surface area contributed by atoms with Gasteiger partial charge in [0, 0.05) is 18.2 Å². The van der Waals surface area contributed by atoms with Gasteiger partial charge >= 0.3 is 0 Å². The number of halogens is 1. The largest absolute Gasteiger partial charge is 0.312 e. The summed E-state index contributed by atoms with van der Waals surface area (Å²) in [5, 5.41) is 7.97. The molecule has 0 unspecified atom stereocenters. The number of hydrogen-bond acceptors (Lipinski definition) is 3. The van der Waals surface area contributed by atoms with Gasteiger partial charge in [-0.2, -0.15) is 5.10 Å². The van der Waals surface area contributed by atoms with Crippen LogP contribution in [0.15, 0.2) is 24.4 Å². The lowest BCUT2D eigenvalue weighted by Gasteiger charge is -2.20. The highest BCUT2D eigenvalue weighted by atomic mass is 35.5. The van der Waals surface area contributed by atoms with Gasteiger partial charge in [0.2, 0.25) is 5.78 Å². The van der Waals surface area contributed by atoms with E-state index in [4.69, 9.17) is 11.6 Å². The van der Waals surface area contributed by atoms with E-state index < -0.39 is 0 Å². The highest BCUT2D eigenvalue weighted by molar-refractivity contribution is 6.34. The van der Waals surface area contributed by atoms with E-state index in [1.165, 1.54) is 5.56 Å². The molecule has 1 N–H and O–H groups in total. The zero-order valence-electron chi connectivity index (χ0n) is 12.2. The van der Waals surface area contributed by atoms with Gasteiger partial charge in [-0.3, -0.25) is 9.48 Å². The first-order chi connectivity index (χ1) is 10.1. The number of carbonyl (C=O) groups is 1. The smallest absolute Gasteiger partial charge is 0.212 e. The van der Waals surface area contributed by atoms with Gasteiger partial charge in [0.15, 0.2) is 0 Å². The van der Waals surface area contributed by atoms with Crippen LogP contribution in [0, 0.1) is 0 Å². The molecule has 0 saturated carbocycles. The second-order valence-corrected chi connectivity index (χ2v) is 5.99. The van der Waals surface area contributed by atoms with Crippen molar-refractivity contribution in [3.8, 4) is 0 Å². The van der Waals surface area contributed by atoms with Gasteiger partial charge in [0.1, 0.15) is 5.69 Å². The van der Waals surface area contributed by atoms with E-state index in [-0.39, 0.29) is 11.8 Å². The van der Waals surface area contributed by atoms with Gasteiger partial charge in [0.05, 0.1) is 11.2 Å². The molecule has 1 aromatic heterocycles. The minimum Gasteiger partial charge on any atom is -0.312 e. The van der Waals surface area contributed by atoms with Crippen molar-refractivity contribution in [1.82, 2.24) is 15.1 Å². The van der Waals surface area contributed by atoms with Crippen molar-refractivity contribution in [2.45, 2.75) is 32.9 Å². The summed E-state index contributed by atoms with van der Waals surface area (Å²) in [4.78, 5) is 13.0. The first-order valence-electron chi connectivity index (χ1n) is 7.18. The van der Waals surface area contributed by atoms with Crippen molar-refractivity contribution < 1.29 is 4.79 Å². The molecular weight excluding hydrogens is 286 g/mol. The van der Waals surface area contributed by atoms with Crippen LogP contribution < -0.4 is 5.32 Å². The third-order valence-corrected chi connectivity index (χ3v) is 4.12. The van der Waals surface area contributed by atoms with Gasteiger partial charge in [-0.1, -0.05) is 29.8 Å². The molecule has 1 aliphatic rings. The monoisotopic (exact) mass is 303 g/mol. The summed E-state index contributed by atoms with van der Waals surface area (Å²) in [5.74, 6) is -0.0371. The maximum absolute atomic E-state index is 13.0. The highest BCUT2D eigenvalue weighted by Gasteiger charge is 2.24. The van der Waals surface area contributed by atoms with Crippen molar-refractivity contribution in [2.24, 2.45) is 0 Å². The van der Waals surface area contributed by atoms with Gasteiger partial charge in [-0.05, 0) is 37.9 Å². The number of benzene rings is 1. The Kier molecular flexibility index (Phi) is 3.83. The maximum atomic E-state index is 13.0. The summed E-state index contributed by atoms with van der Waals surface area (Å²) in [7, 11) is 0. The Morgan fingerprint density at radius 1 is 1.43 bits per heavy atom. The van der Waals surface area contributed by atoms with Crippen molar-refractivity contribution in [1.29, 1.82) is 0 Å². The molecule has 0 atom stereocenters. The molecule has 0 amide bonds. The molecule has 21 heavy (non-hydrogen) atoms. The fraction of sp³-hybridized carbons (Fsp3) is 0.375. The summed E-state index contributed by atoms with van der Waals surface area (Å²) >= 11 is 6.20. The summed E-state index contributed by atoms with van der Waals surface area (Å²) in [6.45, 7) is 5.69. The lowest BCUT2D eigenvalue weighted by molar-refractivity contribution is 0.102. The number of carbonyl (C=O) groups excluding carboxylic acids is 1. The first kappa shape index (κ1) is 14.3. The third kappa shape index (κ3) is 2.49. The SMILES string of the molecule is CC(C)n1ncc(Cl)c1C(=O)c1cccc2c1CCNC2. The van der Waals surface area contributed by atoms with Crippen molar-refractivity contribution in [2.75, 3.05) is 6.54 Å². The first-order valence-corrected chi connectivity index (χ1v) is 7.56. The molecule has 2 aromatic rings. The van der Waals surface area contributed by atoms with Crippen LogP contribution in [-0.4, -0.2) is 22.1 Å². The van der Waals surface area contributed by atoms with Crippen LogP contribution in [0.3, 0.4) is 0 Å². The standard InChI is InChI=1S/C16H18ClN3O/c1-10(2)20-15(14(17)9-19-20)16(21)13-5-3-4-11-8-18-7-6-12(11)13/h3-5,9-10,18H,6-8H2,1-2H3.